The molecule has 3 nitrogen and oxygen atoms in total. The van der Waals surface area contributed by atoms with Crippen molar-refractivity contribution in [2.45, 2.75) is 18.5 Å². The Morgan fingerprint density at radius 2 is 1.58 bits per heavy atom. The van der Waals surface area contributed by atoms with E-state index in [2.05, 4.69) is 40.2 Å². The lowest BCUT2D eigenvalue weighted by Crippen LogP contribution is -2.27. The van der Waals surface area contributed by atoms with Crippen molar-refractivity contribution in [3.8, 4) is 0 Å². The summed E-state index contributed by atoms with van der Waals surface area (Å²) >= 11 is 0. The van der Waals surface area contributed by atoms with Crippen molar-refractivity contribution < 1.29 is 4.39 Å². The lowest BCUT2D eigenvalue weighted by molar-refractivity contribution is 0.476. The van der Waals surface area contributed by atoms with Gasteiger partial charge in [0.1, 0.15) is 5.82 Å². The van der Waals surface area contributed by atoms with Crippen LogP contribution in [0.25, 0.3) is 11.0 Å². The zero-order valence-electron chi connectivity index (χ0n) is 14.1. The first-order valence-electron chi connectivity index (χ1n) is 8.83. The highest BCUT2D eigenvalue weighted by Gasteiger charge is 2.30. The van der Waals surface area contributed by atoms with E-state index in [0.29, 0.717) is 0 Å². The molecule has 0 spiro atoms. The number of hydrogen-bond donors (Lipinski definition) is 1. The Kier molecular flexibility index (Phi) is 3.49. The molecule has 1 aliphatic rings. The first kappa shape index (κ1) is 15.1. The molecule has 3 aromatic carbocycles. The van der Waals surface area contributed by atoms with Crippen molar-refractivity contribution in [1.82, 2.24) is 9.55 Å². The molecule has 0 amide bonds. The standard InChI is InChI=1S/C22H18FN3/c23-17-12-10-16(11-13-17)21-14-19(15-6-2-1-3-7-15)25-22-24-18-8-4-5-9-20(18)26(21)22/h1-13,19,21H,14H2,(H,24,25)/t19-,21+/m0/s1. The van der Waals surface area contributed by atoms with E-state index in [0.717, 1.165) is 29.0 Å². The highest BCUT2D eigenvalue weighted by molar-refractivity contribution is 5.79. The highest BCUT2D eigenvalue weighted by atomic mass is 19.1. The van der Waals surface area contributed by atoms with Gasteiger partial charge in [-0.15, -0.1) is 0 Å². The highest BCUT2D eigenvalue weighted by Crippen LogP contribution is 2.40. The van der Waals surface area contributed by atoms with Gasteiger partial charge in [0.25, 0.3) is 0 Å². The van der Waals surface area contributed by atoms with Crippen molar-refractivity contribution in [3.63, 3.8) is 0 Å². The van der Waals surface area contributed by atoms with Crippen LogP contribution in [-0.2, 0) is 0 Å². The Morgan fingerprint density at radius 1 is 0.846 bits per heavy atom. The number of fused-ring (bicyclic) bond motifs is 3. The largest absolute Gasteiger partial charge is 0.349 e. The number of halogens is 1. The fourth-order valence-corrected chi connectivity index (χ4v) is 3.88. The maximum Gasteiger partial charge on any atom is 0.204 e. The van der Waals surface area contributed by atoms with Crippen LogP contribution in [0, 0.1) is 5.82 Å². The van der Waals surface area contributed by atoms with E-state index in [-0.39, 0.29) is 17.9 Å². The minimum absolute atomic E-state index is 0.101. The molecule has 4 aromatic rings. The molecule has 0 saturated heterocycles. The van der Waals surface area contributed by atoms with Crippen molar-refractivity contribution in [3.05, 3.63) is 95.8 Å². The third kappa shape index (κ3) is 2.46. The van der Waals surface area contributed by atoms with Gasteiger partial charge in [-0.3, -0.25) is 0 Å². The molecule has 1 aliphatic heterocycles. The smallest absolute Gasteiger partial charge is 0.204 e. The number of para-hydroxylation sites is 2. The van der Waals surface area contributed by atoms with E-state index in [9.17, 15) is 4.39 Å². The molecule has 0 radical (unpaired) electrons. The summed E-state index contributed by atoms with van der Waals surface area (Å²) in [6.07, 6.45) is 0.878. The van der Waals surface area contributed by atoms with Crippen LogP contribution in [-0.4, -0.2) is 9.55 Å². The maximum absolute atomic E-state index is 13.5. The lowest BCUT2D eigenvalue weighted by Gasteiger charge is -2.33. The average Bonchev–Trinajstić information content (AvgIpc) is 3.07. The Balaban J connectivity index is 1.67. The van der Waals surface area contributed by atoms with E-state index in [1.807, 2.05) is 36.4 Å². The van der Waals surface area contributed by atoms with E-state index in [1.54, 1.807) is 0 Å². The molecular formula is C22H18FN3. The zero-order chi connectivity index (χ0) is 17.5. The van der Waals surface area contributed by atoms with Gasteiger partial charge in [0, 0.05) is 0 Å². The normalized spacial score (nSPS) is 19.1. The molecule has 0 unspecified atom stereocenters. The molecule has 1 aromatic heterocycles. The van der Waals surface area contributed by atoms with Crippen LogP contribution in [0.2, 0.25) is 0 Å². The zero-order valence-corrected chi connectivity index (χ0v) is 14.1. The van der Waals surface area contributed by atoms with Crippen LogP contribution in [0.3, 0.4) is 0 Å². The second kappa shape index (κ2) is 5.99. The third-order valence-corrected chi connectivity index (χ3v) is 5.13. The van der Waals surface area contributed by atoms with Crippen LogP contribution in [0.1, 0.15) is 29.6 Å². The molecule has 1 N–H and O–H groups in total. The van der Waals surface area contributed by atoms with Crippen molar-refractivity contribution in [2.75, 3.05) is 5.32 Å². The lowest BCUT2D eigenvalue weighted by atomic mass is 9.93. The Hall–Kier alpha value is -3.14. The van der Waals surface area contributed by atoms with Gasteiger partial charge in [-0.1, -0.05) is 54.6 Å². The number of nitrogens with zero attached hydrogens (tertiary/aromatic N) is 2. The van der Waals surface area contributed by atoms with Gasteiger partial charge < -0.3 is 9.88 Å². The summed E-state index contributed by atoms with van der Waals surface area (Å²) in [6, 6.07) is 25.7. The number of benzene rings is 3. The third-order valence-electron chi connectivity index (χ3n) is 5.13. The van der Waals surface area contributed by atoms with Crippen molar-refractivity contribution in [1.29, 1.82) is 0 Å². The second-order valence-corrected chi connectivity index (χ2v) is 6.70. The monoisotopic (exact) mass is 343 g/mol. The van der Waals surface area contributed by atoms with E-state index in [1.165, 1.54) is 17.7 Å². The summed E-state index contributed by atoms with van der Waals surface area (Å²) in [6.45, 7) is 0. The van der Waals surface area contributed by atoms with E-state index < -0.39 is 0 Å². The molecule has 0 bridgehead atoms. The summed E-state index contributed by atoms with van der Waals surface area (Å²) in [5.41, 5.74) is 4.39. The molecule has 4 heteroatoms. The van der Waals surface area contributed by atoms with Crippen molar-refractivity contribution >= 4 is 17.0 Å². The molecule has 26 heavy (non-hydrogen) atoms. The summed E-state index contributed by atoms with van der Waals surface area (Å²) in [7, 11) is 0. The first-order chi connectivity index (χ1) is 12.8. The fourth-order valence-electron chi connectivity index (χ4n) is 3.88. The van der Waals surface area contributed by atoms with Gasteiger partial charge in [0.2, 0.25) is 5.95 Å². The van der Waals surface area contributed by atoms with Gasteiger partial charge in [-0.25, -0.2) is 9.37 Å². The second-order valence-electron chi connectivity index (χ2n) is 6.70. The summed E-state index contributed by atoms with van der Waals surface area (Å²) in [5.74, 6) is 0.652. The SMILES string of the molecule is Fc1ccc([C@H]2C[C@@H](c3ccccc3)Nc3nc4ccccc4n32)cc1. The first-order valence-corrected chi connectivity index (χ1v) is 8.83. The molecular weight excluding hydrogens is 325 g/mol. The topological polar surface area (TPSA) is 29.9 Å². The maximum atomic E-state index is 13.5. The fraction of sp³-hybridized carbons (Fsp3) is 0.136. The minimum atomic E-state index is -0.210. The predicted molar refractivity (Wildman–Crippen MR) is 102 cm³/mol. The number of rotatable bonds is 2. The van der Waals surface area contributed by atoms with E-state index in [4.69, 9.17) is 4.98 Å². The van der Waals surface area contributed by atoms with Crippen LogP contribution in [0.15, 0.2) is 78.9 Å². The van der Waals surface area contributed by atoms with Crippen LogP contribution < -0.4 is 5.32 Å². The number of imidazole rings is 1. The van der Waals surface area contributed by atoms with Crippen LogP contribution in [0.5, 0.6) is 0 Å². The van der Waals surface area contributed by atoms with Gasteiger partial charge in [-0.2, -0.15) is 0 Å². The predicted octanol–water partition coefficient (Wildman–Crippen LogP) is 5.32. The number of aromatic nitrogens is 2. The molecule has 5 rings (SSSR count). The minimum Gasteiger partial charge on any atom is -0.349 e. The number of nitrogens with one attached hydrogen (secondary N) is 1. The Labute approximate surface area is 151 Å². The van der Waals surface area contributed by atoms with Gasteiger partial charge >= 0.3 is 0 Å². The molecule has 0 saturated carbocycles. The quantitative estimate of drug-likeness (QED) is 0.534. The van der Waals surface area contributed by atoms with Gasteiger partial charge in [0.05, 0.1) is 23.1 Å². The molecule has 0 fully saturated rings. The Bertz CT molecular complexity index is 1050. The summed E-state index contributed by atoms with van der Waals surface area (Å²) in [4.78, 5) is 4.80. The van der Waals surface area contributed by atoms with Gasteiger partial charge in [-0.05, 0) is 41.8 Å². The van der Waals surface area contributed by atoms with Crippen molar-refractivity contribution in [2.24, 2.45) is 0 Å². The van der Waals surface area contributed by atoms with Gasteiger partial charge in [0.15, 0.2) is 0 Å². The molecule has 2 atom stereocenters. The number of hydrogen-bond acceptors (Lipinski definition) is 2. The molecule has 0 aliphatic carbocycles. The average molecular weight is 343 g/mol. The van der Waals surface area contributed by atoms with E-state index >= 15 is 0 Å². The molecule has 2 heterocycles. The summed E-state index contributed by atoms with van der Waals surface area (Å²) in [5, 5.41) is 3.59. The number of anilines is 1. The molecule has 128 valence electrons. The summed E-state index contributed by atoms with van der Waals surface area (Å²) < 4.78 is 15.7. The van der Waals surface area contributed by atoms with Crippen LogP contribution in [0.4, 0.5) is 10.3 Å². The Morgan fingerprint density at radius 3 is 2.38 bits per heavy atom. The van der Waals surface area contributed by atoms with Crippen LogP contribution >= 0.6 is 0 Å².